The molecule has 0 aliphatic rings. The molecule has 8 heavy (non-hydrogen) atoms. The molecule has 0 radical (unpaired) electrons. The van der Waals surface area contributed by atoms with E-state index in [-0.39, 0.29) is 6.61 Å². The molecule has 1 aromatic heterocycles. The predicted molar refractivity (Wildman–Crippen MR) is 23.1 cm³/mol. The molecule has 0 saturated carbocycles. The number of aliphatic hydroxyl groups is 1. The first kappa shape index (κ1) is 5.04. The highest BCUT2D eigenvalue weighted by atomic mass is 16.5. The summed E-state index contributed by atoms with van der Waals surface area (Å²) < 4.78 is 0. The highest BCUT2D eigenvalue weighted by molar-refractivity contribution is 4.86. The minimum absolute atomic E-state index is 0.194. The second kappa shape index (κ2) is 1.79. The Bertz CT molecular complexity index is 173. The fraction of sp³-hybridized carbons (Fsp3) is 0.333. The van der Waals surface area contributed by atoms with Gasteiger partial charge >= 0.3 is 0 Å². The first-order chi connectivity index (χ1) is 3.83. The van der Waals surface area contributed by atoms with E-state index in [0.29, 0.717) is 10.5 Å². The molecule has 0 saturated heterocycles. The first-order valence-electron chi connectivity index (χ1n) is 2.04. The average Bonchev–Trinajstić information content (AvgIpc) is 2.14. The van der Waals surface area contributed by atoms with Crippen LogP contribution in [0.4, 0.5) is 0 Å². The quantitative estimate of drug-likeness (QED) is 0.461. The smallest absolute Gasteiger partial charge is 0.112 e. The Hall–Kier alpha value is -1.10. The summed E-state index contributed by atoms with van der Waals surface area (Å²) in [5.41, 5.74) is 0.354. The molecule has 0 aliphatic heterocycles. The molecule has 0 fully saturated rings. The lowest BCUT2D eigenvalue weighted by Gasteiger charge is -1.77. The lowest BCUT2D eigenvalue weighted by atomic mass is 10.5. The van der Waals surface area contributed by atoms with Crippen molar-refractivity contribution in [2.45, 2.75) is 6.61 Å². The topological polar surface area (TPSA) is 71.2 Å². The third kappa shape index (κ3) is 0.760. The molecule has 2 N–H and O–H groups in total. The highest BCUT2D eigenvalue weighted by Crippen LogP contribution is 1.86. The number of nitrogens with zero attached hydrogens (tertiary/aromatic N) is 3. The summed E-state index contributed by atoms with van der Waals surface area (Å²) in [5, 5.41) is 23.2. The van der Waals surface area contributed by atoms with Crippen molar-refractivity contribution in [3.63, 3.8) is 0 Å². The van der Waals surface area contributed by atoms with E-state index in [2.05, 4.69) is 10.3 Å². The minimum atomic E-state index is -0.194. The SMILES string of the molecule is OCc1cn(O)nn1. The van der Waals surface area contributed by atoms with Crippen LogP contribution in [-0.2, 0) is 6.61 Å². The molecule has 5 heteroatoms. The van der Waals surface area contributed by atoms with Gasteiger partial charge in [0.1, 0.15) is 5.69 Å². The number of hydrogen-bond acceptors (Lipinski definition) is 4. The van der Waals surface area contributed by atoms with Crippen LogP contribution in [0.1, 0.15) is 5.69 Å². The van der Waals surface area contributed by atoms with E-state index >= 15 is 0 Å². The zero-order valence-electron chi connectivity index (χ0n) is 4.02. The van der Waals surface area contributed by atoms with Crippen molar-refractivity contribution in [3.8, 4) is 0 Å². The molecule has 0 aliphatic carbocycles. The Morgan fingerprint density at radius 3 is 2.75 bits per heavy atom. The van der Waals surface area contributed by atoms with Crippen molar-refractivity contribution in [1.82, 2.24) is 15.2 Å². The van der Waals surface area contributed by atoms with Gasteiger partial charge in [-0.25, -0.2) is 0 Å². The van der Waals surface area contributed by atoms with Crippen molar-refractivity contribution >= 4 is 0 Å². The van der Waals surface area contributed by atoms with Crippen LogP contribution >= 0.6 is 0 Å². The third-order valence-corrected chi connectivity index (χ3v) is 0.691. The Morgan fingerprint density at radius 2 is 2.50 bits per heavy atom. The van der Waals surface area contributed by atoms with Gasteiger partial charge in [0.15, 0.2) is 0 Å². The average molecular weight is 115 g/mol. The summed E-state index contributed by atoms with van der Waals surface area (Å²) in [6.07, 6.45) is 1.22. The Labute approximate surface area is 45.1 Å². The van der Waals surface area contributed by atoms with E-state index in [9.17, 15) is 0 Å². The van der Waals surface area contributed by atoms with E-state index in [1.807, 2.05) is 0 Å². The second-order valence-electron chi connectivity index (χ2n) is 1.29. The zero-order chi connectivity index (χ0) is 5.98. The van der Waals surface area contributed by atoms with Crippen molar-refractivity contribution < 1.29 is 10.3 Å². The molecule has 1 heterocycles. The van der Waals surface area contributed by atoms with Crippen LogP contribution in [0.5, 0.6) is 0 Å². The van der Waals surface area contributed by atoms with Gasteiger partial charge in [-0.2, -0.15) is 0 Å². The first-order valence-corrected chi connectivity index (χ1v) is 2.04. The maximum atomic E-state index is 8.42. The highest BCUT2D eigenvalue weighted by Gasteiger charge is 1.93. The molecule has 0 spiro atoms. The normalized spacial score (nSPS) is 9.62. The fourth-order valence-corrected chi connectivity index (χ4v) is 0.361. The number of rotatable bonds is 1. The Kier molecular flexibility index (Phi) is 1.13. The van der Waals surface area contributed by atoms with Crippen LogP contribution in [0.3, 0.4) is 0 Å². The standard InChI is InChI=1S/C3H5N3O2/c7-2-3-1-6(8)5-4-3/h1,7-8H,2H2. The van der Waals surface area contributed by atoms with Crippen LogP contribution in [0.15, 0.2) is 6.20 Å². The Morgan fingerprint density at radius 1 is 1.75 bits per heavy atom. The molecule has 0 unspecified atom stereocenters. The van der Waals surface area contributed by atoms with Crippen LogP contribution in [-0.4, -0.2) is 25.5 Å². The largest absolute Gasteiger partial charge is 0.411 e. The minimum Gasteiger partial charge on any atom is -0.411 e. The summed E-state index contributed by atoms with van der Waals surface area (Å²) >= 11 is 0. The molecule has 0 bridgehead atoms. The Balaban J connectivity index is 2.84. The molecule has 0 aromatic carbocycles. The van der Waals surface area contributed by atoms with Crippen molar-refractivity contribution in [3.05, 3.63) is 11.9 Å². The van der Waals surface area contributed by atoms with Crippen LogP contribution in [0, 0.1) is 0 Å². The molecular weight excluding hydrogens is 110 g/mol. The van der Waals surface area contributed by atoms with E-state index in [4.69, 9.17) is 10.3 Å². The lowest BCUT2D eigenvalue weighted by molar-refractivity contribution is 0.142. The summed E-state index contributed by atoms with van der Waals surface area (Å²) in [7, 11) is 0. The van der Waals surface area contributed by atoms with Gasteiger partial charge in [-0.15, -0.1) is 5.10 Å². The summed E-state index contributed by atoms with van der Waals surface area (Å²) in [5.74, 6) is 0. The van der Waals surface area contributed by atoms with Gasteiger partial charge in [-0.3, -0.25) is 0 Å². The summed E-state index contributed by atoms with van der Waals surface area (Å²) in [4.78, 5) is 0.547. The van der Waals surface area contributed by atoms with Gasteiger partial charge in [0.05, 0.1) is 12.8 Å². The molecule has 1 aromatic rings. The van der Waals surface area contributed by atoms with Gasteiger partial charge in [0.25, 0.3) is 0 Å². The van der Waals surface area contributed by atoms with Gasteiger partial charge < -0.3 is 10.3 Å². The van der Waals surface area contributed by atoms with E-state index < -0.39 is 0 Å². The van der Waals surface area contributed by atoms with Crippen molar-refractivity contribution in [2.75, 3.05) is 0 Å². The lowest BCUT2D eigenvalue weighted by Crippen LogP contribution is -1.88. The number of aliphatic hydroxyl groups excluding tert-OH is 1. The van der Waals surface area contributed by atoms with Gasteiger partial charge in [0.2, 0.25) is 0 Å². The monoisotopic (exact) mass is 115 g/mol. The molecule has 1 rings (SSSR count). The van der Waals surface area contributed by atoms with Crippen LogP contribution < -0.4 is 0 Å². The number of aromatic nitrogens is 3. The van der Waals surface area contributed by atoms with E-state index in [1.165, 1.54) is 6.20 Å². The summed E-state index contributed by atoms with van der Waals surface area (Å²) in [6.45, 7) is -0.194. The van der Waals surface area contributed by atoms with Crippen LogP contribution in [0.2, 0.25) is 0 Å². The van der Waals surface area contributed by atoms with Crippen molar-refractivity contribution in [2.24, 2.45) is 0 Å². The fourth-order valence-electron chi connectivity index (χ4n) is 0.361. The molecule has 5 nitrogen and oxygen atoms in total. The second-order valence-corrected chi connectivity index (χ2v) is 1.29. The maximum absolute atomic E-state index is 8.42. The molecule has 0 atom stereocenters. The molecular formula is C3H5N3O2. The number of hydrogen-bond donors (Lipinski definition) is 2. The van der Waals surface area contributed by atoms with Gasteiger partial charge in [-0.1, -0.05) is 4.85 Å². The molecule has 0 amide bonds. The van der Waals surface area contributed by atoms with Crippen molar-refractivity contribution in [1.29, 1.82) is 0 Å². The maximum Gasteiger partial charge on any atom is 0.112 e. The zero-order valence-corrected chi connectivity index (χ0v) is 4.02. The van der Waals surface area contributed by atoms with Crippen LogP contribution in [0.25, 0.3) is 0 Å². The molecule has 44 valence electrons. The van der Waals surface area contributed by atoms with Gasteiger partial charge in [0, 0.05) is 0 Å². The third-order valence-electron chi connectivity index (χ3n) is 0.691. The summed E-state index contributed by atoms with van der Waals surface area (Å²) in [6, 6.07) is 0. The van der Waals surface area contributed by atoms with E-state index in [0.717, 1.165) is 0 Å². The predicted octanol–water partition coefficient (Wildman–Crippen LogP) is -0.992. The van der Waals surface area contributed by atoms with Gasteiger partial charge in [-0.05, 0) is 5.21 Å². The van der Waals surface area contributed by atoms with E-state index in [1.54, 1.807) is 0 Å².